The van der Waals surface area contributed by atoms with Crippen LogP contribution in [0.5, 0.6) is 0 Å². The minimum atomic E-state index is -0.506. The molecule has 0 aromatic heterocycles. The van der Waals surface area contributed by atoms with Crippen LogP contribution in [0.2, 0.25) is 0 Å². The van der Waals surface area contributed by atoms with Gasteiger partial charge in [0.1, 0.15) is 6.10 Å². The van der Waals surface area contributed by atoms with Crippen molar-refractivity contribution >= 4 is 5.97 Å². The fourth-order valence-electron chi connectivity index (χ4n) is 1.30. The van der Waals surface area contributed by atoms with Crippen LogP contribution in [0.25, 0.3) is 10.4 Å². The molecule has 0 saturated heterocycles. The van der Waals surface area contributed by atoms with Crippen molar-refractivity contribution in [3.05, 3.63) is 45.8 Å². The van der Waals surface area contributed by atoms with Crippen molar-refractivity contribution < 1.29 is 9.53 Å². The maximum absolute atomic E-state index is 10.9. The minimum Gasteiger partial charge on any atom is -0.458 e. The second-order valence-electron chi connectivity index (χ2n) is 3.42. The van der Waals surface area contributed by atoms with Gasteiger partial charge in [-0.25, -0.2) is 0 Å². The average molecular weight is 219 g/mol. The third kappa shape index (κ3) is 3.63. The number of benzene rings is 1. The van der Waals surface area contributed by atoms with Gasteiger partial charge in [0.05, 0.1) is 6.54 Å². The van der Waals surface area contributed by atoms with Gasteiger partial charge in [0, 0.05) is 11.8 Å². The summed E-state index contributed by atoms with van der Waals surface area (Å²) in [7, 11) is 0. The summed E-state index contributed by atoms with van der Waals surface area (Å²) in [6.45, 7) is 3.41. The van der Waals surface area contributed by atoms with Gasteiger partial charge in [-0.2, -0.15) is 0 Å². The Labute approximate surface area is 93.7 Å². The second-order valence-corrected chi connectivity index (χ2v) is 3.42. The van der Waals surface area contributed by atoms with Gasteiger partial charge < -0.3 is 4.74 Å². The molecule has 0 fully saturated rings. The molecule has 0 N–H and O–H groups in total. The Morgan fingerprint density at radius 2 is 2.12 bits per heavy atom. The smallest absolute Gasteiger partial charge is 0.303 e. The van der Waals surface area contributed by atoms with Crippen molar-refractivity contribution in [1.29, 1.82) is 0 Å². The van der Waals surface area contributed by atoms with Crippen LogP contribution in [0.4, 0.5) is 0 Å². The number of esters is 1. The summed E-state index contributed by atoms with van der Waals surface area (Å²) in [4.78, 5) is 13.6. The van der Waals surface area contributed by atoms with Crippen LogP contribution in [-0.4, -0.2) is 12.5 Å². The predicted octanol–water partition coefficient (Wildman–Crippen LogP) is 2.91. The Balaban J connectivity index is 2.86. The molecule has 1 atom stereocenters. The molecule has 0 aliphatic rings. The lowest BCUT2D eigenvalue weighted by atomic mass is 10.1. The highest BCUT2D eigenvalue weighted by atomic mass is 16.5. The predicted molar refractivity (Wildman–Crippen MR) is 59.7 cm³/mol. The normalized spacial score (nSPS) is 11.4. The van der Waals surface area contributed by atoms with Crippen molar-refractivity contribution in [3.63, 3.8) is 0 Å². The largest absolute Gasteiger partial charge is 0.458 e. The van der Waals surface area contributed by atoms with Crippen LogP contribution in [0.1, 0.15) is 24.2 Å². The first kappa shape index (κ1) is 12.1. The molecular weight excluding hydrogens is 206 g/mol. The molecule has 5 nitrogen and oxygen atoms in total. The van der Waals surface area contributed by atoms with E-state index in [-0.39, 0.29) is 6.54 Å². The monoisotopic (exact) mass is 219 g/mol. The Kier molecular flexibility index (Phi) is 4.36. The first-order valence-corrected chi connectivity index (χ1v) is 4.88. The summed E-state index contributed by atoms with van der Waals surface area (Å²) in [5, 5.41) is 3.43. The first-order valence-electron chi connectivity index (χ1n) is 4.88. The molecule has 0 radical (unpaired) electrons. The number of rotatable bonds is 4. The van der Waals surface area contributed by atoms with Crippen LogP contribution in [0.15, 0.2) is 29.4 Å². The molecule has 5 heteroatoms. The van der Waals surface area contributed by atoms with Crippen LogP contribution in [0.3, 0.4) is 0 Å². The van der Waals surface area contributed by atoms with Crippen molar-refractivity contribution in [2.24, 2.45) is 5.11 Å². The fraction of sp³-hybridized carbons (Fsp3) is 0.364. The van der Waals surface area contributed by atoms with Gasteiger partial charge in [0.15, 0.2) is 0 Å². The van der Waals surface area contributed by atoms with Gasteiger partial charge >= 0.3 is 5.97 Å². The summed E-state index contributed by atoms with van der Waals surface area (Å²) >= 11 is 0. The van der Waals surface area contributed by atoms with Crippen molar-refractivity contribution in [3.8, 4) is 0 Å². The number of aryl methyl sites for hydroxylation is 1. The Bertz CT molecular complexity index is 404. The molecule has 0 spiro atoms. The Morgan fingerprint density at radius 1 is 1.50 bits per heavy atom. The second kappa shape index (κ2) is 5.78. The van der Waals surface area contributed by atoms with E-state index in [4.69, 9.17) is 10.3 Å². The third-order valence-corrected chi connectivity index (χ3v) is 2.07. The van der Waals surface area contributed by atoms with Crippen LogP contribution >= 0.6 is 0 Å². The lowest BCUT2D eigenvalue weighted by Gasteiger charge is -2.15. The highest BCUT2D eigenvalue weighted by molar-refractivity contribution is 5.66. The zero-order valence-electron chi connectivity index (χ0n) is 9.25. The molecule has 0 bridgehead atoms. The number of carbonyl (C=O) groups is 1. The maximum atomic E-state index is 10.9. The van der Waals surface area contributed by atoms with Gasteiger partial charge in [-0.15, -0.1) is 0 Å². The molecule has 0 saturated carbocycles. The summed E-state index contributed by atoms with van der Waals surface area (Å²) in [5.74, 6) is -0.390. The molecule has 1 rings (SSSR count). The summed E-state index contributed by atoms with van der Waals surface area (Å²) in [5.41, 5.74) is 10.2. The highest BCUT2D eigenvalue weighted by Crippen LogP contribution is 2.18. The maximum Gasteiger partial charge on any atom is 0.303 e. The highest BCUT2D eigenvalue weighted by Gasteiger charge is 2.13. The van der Waals surface area contributed by atoms with E-state index in [9.17, 15) is 4.79 Å². The molecular formula is C11H13N3O2. The zero-order valence-corrected chi connectivity index (χ0v) is 9.25. The van der Waals surface area contributed by atoms with E-state index in [1.807, 2.05) is 31.2 Å². The van der Waals surface area contributed by atoms with Crippen molar-refractivity contribution in [2.75, 3.05) is 6.54 Å². The SMILES string of the molecule is CC(=O)O[C@H](CN=[N+]=[N-])c1ccc(C)cc1. The molecule has 0 aliphatic heterocycles. The number of hydrogen-bond acceptors (Lipinski definition) is 3. The van der Waals surface area contributed by atoms with E-state index in [0.29, 0.717) is 0 Å². The van der Waals surface area contributed by atoms with Gasteiger partial charge in [-0.05, 0) is 18.0 Å². The van der Waals surface area contributed by atoms with E-state index >= 15 is 0 Å². The van der Waals surface area contributed by atoms with E-state index in [2.05, 4.69) is 10.0 Å². The number of azide groups is 1. The number of carbonyl (C=O) groups excluding carboxylic acids is 1. The summed E-state index contributed by atoms with van der Waals surface area (Å²) in [6.07, 6.45) is -0.506. The fourth-order valence-corrected chi connectivity index (χ4v) is 1.30. The topological polar surface area (TPSA) is 75.1 Å². The van der Waals surface area contributed by atoms with Crippen molar-refractivity contribution in [1.82, 2.24) is 0 Å². The molecule has 84 valence electrons. The zero-order chi connectivity index (χ0) is 12.0. The Morgan fingerprint density at radius 3 is 2.62 bits per heavy atom. The van der Waals surface area contributed by atoms with Gasteiger partial charge in [-0.1, -0.05) is 34.9 Å². The number of nitrogens with zero attached hydrogens (tertiary/aromatic N) is 3. The Hall–Kier alpha value is -2.00. The van der Waals surface area contributed by atoms with E-state index in [1.54, 1.807) is 0 Å². The standard InChI is InChI=1S/C11H13N3O2/c1-8-3-5-10(6-4-8)11(7-13-14-12)16-9(2)15/h3-6,11H,7H2,1-2H3/t11-/m1/s1. The van der Waals surface area contributed by atoms with Crippen molar-refractivity contribution in [2.45, 2.75) is 20.0 Å². The quantitative estimate of drug-likeness (QED) is 0.338. The molecule has 0 heterocycles. The van der Waals surface area contributed by atoms with Crippen LogP contribution in [-0.2, 0) is 9.53 Å². The molecule has 0 unspecified atom stereocenters. The summed E-state index contributed by atoms with van der Waals surface area (Å²) < 4.78 is 5.07. The average Bonchev–Trinajstić information content (AvgIpc) is 2.25. The van der Waals surface area contributed by atoms with Gasteiger partial charge in [-0.3, -0.25) is 4.79 Å². The lowest BCUT2D eigenvalue weighted by Crippen LogP contribution is -2.11. The molecule has 1 aromatic carbocycles. The first-order chi connectivity index (χ1) is 7.63. The van der Waals surface area contributed by atoms with Gasteiger partial charge in [0.25, 0.3) is 0 Å². The van der Waals surface area contributed by atoms with E-state index in [1.165, 1.54) is 6.92 Å². The number of hydrogen-bond donors (Lipinski definition) is 0. The molecule has 1 aromatic rings. The minimum absolute atomic E-state index is 0.110. The third-order valence-electron chi connectivity index (χ3n) is 2.07. The molecule has 0 aliphatic carbocycles. The lowest BCUT2D eigenvalue weighted by molar-refractivity contribution is -0.146. The molecule has 16 heavy (non-hydrogen) atoms. The van der Waals surface area contributed by atoms with E-state index in [0.717, 1.165) is 11.1 Å². The number of ether oxygens (including phenoxy) is 1. The van der Waals surface area contributed by atoms with Gasteiger partial charge in [0.2, 0.25) is 0 Å². The molecule has 0 amide bonds. The van der Waals surface area contributed by atoms with Crippen LogP contribution < -0.4 is 0 Å². The van der Waals surface area contributed by atoms with Crippen LogP contribution in [0, 0.1) is 6.92 Å². The van der Waals surface area contributed by atoms with E-state index < -0.39 is 12.1 Å². The summed E-state index contributed by atoms with van der Waals surface area (Å²) in [6, 6.07) is 7.55.